The van der Waals surface area contributed by atoms with Crippen molar-refractivity contribution >= 4 is 23.9 Å². The molecule has 1 unspecified atom stereocenters. The van der Waals surface area contributed by atoms with Gasteiger partial charge < -0.3 is 25.0 Å². The van der Waals surface area contributed by atoms with Crippen LogP contribution in [-0.4, -0.2) is 77.1 Å². The van der Waals surface area contributed by atoms with Crippen LogP contribution in [0.25, 0.3) is 11.1 Å². The number of pyridine rings is 1. The van der Waals surface area contributed by atoms with Crippen molar-refractivity contribution in [1.29, 1.82) is 5.26 Å². The molecular formula is C31H36FN5O6. The maximum atomic E-state index is 13.9. The van der Waals surface area contributed by atoms with Crippen LogP contribution in [0, 0.1) is 29.0 Å². The molecule has 0 spiro atoms. The minimum Gasteiger partial charge on any atom is -0.469 e. The number of piperidine rings is 2. The summed E-state index contributed by atoms with van der Waals surface area (Å²) in [6.45, 7) is 1.81. The number of aromatic nitrogens is 1. The van der Waals surface area contributed by atoms with E-state index in [1.165, 1.54) is 36.4 Å². The number of methoxy groups -OCH3 is 1. The minimum atomic E-state index is -0.910. The Morgan fingerprint density at radius 2 is 1.88 bits per heavy atom. The molecule has 1 aromatic carbocycles. The van der Waals surface area contributed by atoms with Crippen molar-refractivity contribution in [2.45, 2.75) is 51.0 Å². The number of nitrogens with zero attached hydrogens (tertiary/aromatic N) is 4. The fourth-order valence-corrected chi connectivity index (χ4v) is 5.70. The molecule has 12 heteroatoms. The Balaban J connectivity index is 1.39. The first-order valence-corrected chi connectivity index (χ1v) is 14.5. The van der Waals surface area contributed by atoms with Crippen LogP contribution in [0.2, 0.25) is 0 Å². The third kappa shape index (κ3) is 8.28. The molecule has 2 saturated heterocycles. The minimum absolute atomic E-state index is 0.0165. The van der Waals surface area contributed by atoms with Crippen molar-refractivity contribution in [3.63, 3.8) is 0 Å². The molecule has 3 amide bonds. The molecule has 11 nitrogen and oxygen atoms in total. The molecular weight excluding hydrogens is 557 g/mol. The molecule has 2 aliphatic rings. The summed E-state index contributed by atoms with van der Waals surface area (Å²) in [5.41, 5.74) is 1.57. The highest BCUT2D eigenvalue weighted by molar-refractivity contribution is 5.82. The van der Waals surface area contributed by atoms with Crippen LogP contribution in [0.5, 0.6) is 0 Å². The molecule has 0 aliphatic carbocycles. The zero-order valence-corrected chi connectivity index (χ0v) is 24.1. The fourth-order valence-electron chi connectivity index (χ4n) is 5.70. The van der Waals surface area contributed by atoms with Crippen molar-refractivity contribution in [2.24, 2.45) is 11.8 Å². The molecule has 2 atom stereocenters. The molecule has 0 bridgehead atoms. The second-order valence-electron chi connectivity index (χ2n) is 11.1. The van der Waals surface area contributed by atoms with Gasteiger partial charge in [-0.25, -0.2) is 9.18 Å². The zero-order chi connectivity index (χ0) is 30.9. The first-order chi connectivity index (χ1) is 20.7. The molecule has 228 valence electrons. The summed E-state index contributed by atoms with van der Waals surface area (Å²) in [6, 6.07) is 6.93. The zero-order valence-electron chi connectivity index (χ0n) is 24.1. The number of nitrogens with one attached hydrogen (secondary N) is 1. The molecule has 2 fully saturated rings. The molecule has 3 heterocycles. The summed E-state index contributed by atoms with van der Waals surface area (Å²) in [4.78, 5) is 57.2. The second kappa shape index (κ2) is 14.6. The van der Waals surface area contributed by atoms with Crippen LogP contribution in [0.3, 0.4) is 0 Å². The van der Waals surface area contributed by atoms with Crippen molar-refractivity contribution in [2.75, 3.05) is 33.3 Å². The molecule has 2 aliphatic heterocycles. The number of nitriles is 1. The first kappa shape index (κ1) is 31.4. The SMILES string of the molecule is COC(=O)CC(NC(=O)[C@@H]1CCCN(C(=O)CCC2CCN(C(=O)O)CC2)C1)c1cncc(-c2ccc(F)c(C#N)c2)c1. The van der Waals surface area contributed by atoms with Gasteiger partial charge in [0.2, 0.25) is 11.8 Å². The lowest BCUT2D eigenvalue weighted by Gasteiger charge is -2.34. The molecule has 4 rings (SSSR count). The van der Waals surface area contributed by atoms with Crippen molar-refractivity contribution < 1.29 is 33.4 Å². The van der Waals surface area contributed by atoms with Gasteiger partial charge in [-0.1, -0.05) is 6.07 Å². The Morgan fingerprint density at radius 1 is 1.12 bits per heavy atom. The van der Waals surface area contributed by atoms with Crippen LogP contribution in [-0.2, 0) is 19.1 Å². The van der Waals surface area contributed by atoms with Crippen LogP contribution in [0.4, 0.5) is 9.18 Å². The third-order valence-electron chi connectivity index (χ3n) is 8.29. The van der Waals surface area contributed by atoms with Crippen molar-refractivity contribution in [3.8, 4) is 17.2 Å². The highest BCUT2D eigenvalue weighted by Crippen LogP contribution is 2.28. The Hall–Kier alpha value is -4.53. The standard InChI is InChI=1S/C31H36FN5O6/c1-43-29(39)15-27(25-14-24(17-34-18-25)21-5-6-26(32)23(13-21)16-33)35-30(40)22-3-2-10-37(19-22)28(38)7-4-20-8-11-36(12-9-20)31(41)42/h5-6,13-14,17-18,20,22,27H,2-4,7-12,15,19H2,1H3,(H,35,40)(H,41,42)/t22-,27?/m1/s1. The number of likely N-dealkylation sites (tertiary alicyclic amines) is 2. The lowest BCUT2D eigenvalue weighted by atomic mass is 9.91. The van der Waals surface area contributed by atoms with Crippen LogP contribution >= 0.6 is 0 Å². The highest BCUT2D eigenvalue weighted by atomic mass is 19.1. The summed E-state index contributed by atoms with van der Waals surface area (Å²) < 4.78 is 18.7. The predicted octanol–water partition coefficient (Wildman–Crippen LogP) is 3.89. The summed E-state index contributed by atoms with van der Waals surface area (Å²) in [5.74, 6) is -1.62. The Labute approximate surface area is 249 Å². The maximum Gasteiger partial charge on any atom is 0.407 e. The van der Waals surface area contributed by atoms with Crippen LogP contribution in [0.1, 0.15) is 62.1 Å². The fraction of sp³-hybridized carbons (Fsp3) is 0.484. The van der Waals surface area contributed by atoms with Crippen LogP contribution in [0.15, 0.2) is 36.7 Å². The van der Waals surface area contributed by atoms with E-state index in [9.17, 15) is 28.8 Å². The first-order valence-electron chi connectivity index (χ1n) is 14.5. The number of amides is 3. The van der Waals surface area contributed by atoms with E-state index in [1.807, 2.05) is 6.07 Å². The summed E-state index contributed by atoms with van der Waals surface area (Å²) in [5, 5.41) is 21.3. The lowest BCUT2D eigenvalue weighted by Crippen LogP contribution is -2.46. The number of ether oxygens (including phenoxy) is 1. The van der Waals surface area contributed by atoms with Gasteiger partial charge >= 0.3 is 12.1 Å². The van der Waals surface area contributed by atoms with Crippen molar-refractivity contribution in [3.05, 3.63) is 53.6 Å². The van der Waals surface area contributed by atoms with Gasteiger partial charge in [0.05, 0.1) is 31.1 Å². The van der Waals surface area contributed by atoms with Gasteiger partial charge in [0.25, 0.3) is 0 Å². The van der Waals surface area contributed by atoms with Crippen LogP contribution < -0.4 is 5.32 Å². The quantitative estimate of drug-likeness (QED) is 0.416. The molecule has 2 N–H and O–H groups in total. The molecule has 1 aromatic heterocycles. The second-order valence-corrected chi connectivity index (χ2v) is 11.1. The smallest absolute Gasteiger partial charge is 0.407 e. The van der Waals surface area contributed by atoms with E-state index in [0.717, 1.165) is 12.8 Å². The van der Waals surface area contributed by atoms with E-state index in [2.05, 4.69) is 10.3 Å². The number of carbonyl (C=O) groups is 4. The van der Waals surface area contributed by atoms with Gasteiger partial charge in [0, 0.05) is 50.6 Å². The Kier molecular flexibility index (Phi) is 10.6. The number of carboxylic acid groups (broad SMARTS) is 1. The number of esters is 1. The van der Waals surface area contributed by atoms with Gasteiger partial charge in [-0.2, -0.15) is 5.26 Å². The van der Waals surface area contributed by atoms with E-state index in [0.29, 0.717) is 67.9 Å². The van der Waals surface area contributed by atoms with E-state index >= 15 is 0 Å². The summed E-state index contributed by atoms with van der Waals surface area (Å²) in [6.07, 6.45) is 5.82. The number of hydrogen-bond donors (Lipinski definition) is 2. The van der Waals surface area contributed by atoms with Gasteiger partial charge in [0.15, 0.2) is 0 Å². The average Bonchev–Trinajstić information content (AvgIpc) is 3.03. The predicted molar refractivity (Wildman–Crippen MR) is 153 cm³/mol. The maximum absolute atomic E-state index is 13.9. The largest absolute Gasteiger partial charge is 0.469 e. The monoisotopic (exact) mass is 593 g/mol. The number of halogens is 1. The number of rotatable bonds is 9. The Bertz CT molecular complexity index is 1390. The highest BCUT2D eigenvalue weighted by Gasteiger charge is 2.31. The lowest BCUT2D eigenvalue weighted by molar-refractivity contribution is -0.141. The summed E-state index contributed by atoms with van der Waals surface area (Å²) in [7, 11) is 1.26. The normalized spacial score (nSPS) is 17.9. The average molecular weight is 594 g/mol. The van der Waals surface area contributed by atoms with Gasteiger partial charge in [0.1, 0.15) is 11.9 Å². The topological polar surface area (TPSA) is 153 Å². The number of carbonyl (C=O) groups excluding carboxylic acids is 3. The third-order valence-corrected chi connectivity index (χ3v) is 8.29. The molecule has 0 radical (unpaired) electrons. The van der Waals surface area contributed by atoms with Gasteiger partial charge in [-0.15, -0.1) is 0 Å². The van der Waals surface area contributed by atoms with Gasteiger partial charge in [-0.05, 0) is 67.3 Å². The van der Waals surface area contributed by atoms with E-state index in [4.69, 9.17) is 9.84 Å². The Morgan fingerprint density at radius 3 is 2.58 bits per heavy atom. The van der Waals surface area contributed by atoms with Crippen molar-refractivity contribution in [1.82, 2.24) is 20.1 Å². The molecule has 43 heavy (non-hydrogen) atoms. The van der Waals surface area contributed by atoms with E-state index in [-0.39, 0.29) is 30.3 Å². The summed E-state index contributed by atoms with van der Waals surface area (Å²) >= 11 is 0. The van der Waals surface area contributed by atoms with Gasteiger partial charge in [-0.3, -0.25) is 19.4 Å². The van der Waals surface area contributed by atoms with E-state index < -0.39 is 29.8 Å². The molecule has 0 saturated carbocycles. The number of benzene rings is 1. The number of hydrogen-bond acceptors (Lipinski definition) is 7. The van der Waals surface area contributed by atoms with E-state index in [1.54, 1.807) is 17.2 Å². The molecule has 2 aromatic rings.